The molecule has 0 atom stereocenters. The number of nitroso groups, excluding NO2 is 1. The summed E-state index contributed by atoms with van der Waals surface area (Å²) < 4.78 is 26.5. The smallest absolute Gasteiger partial charge is 0.319 e. The highest BCUT2D eigenvalue weighted by molar-refractivity contribution is 7.90. The van der Waals surface area contributed by atoms with E-state index in [0.29, 0.717) is 5.69 Å². The van der Waals surface area contributed by atoms with Gasteiger partial charge in [0.15, 0.2) is 11.6 Å². The van der Waals surface area contributed by atoms with Crippen LogP contribution in [0.5, 0.6) is 0 Å². The summed E-state index contributed by atoms with van der Waals surface area (Å²) in [6.07, 6.45) is 0. The monoisotopic (exact) mass is 407 g/mol. The second-order valence-corrected chi connectivity index (χ2v) is 7.87. The number of benzene rings is 3. The molecule has 0 bridgehead atoms. The van der Waals surface area contributed by atoms with Crippen LogP contribution in [0, 0.1) is 4.91 Å². The summed E-state index contributed by atoms with van der Waals surface area (Å²) in [7, 11) is -4.65. The minimum Gasteiger partial charge on any atom is -0.397 e. The zero-order valence-electron chi connectivity index (χ0n) is 14.7. The molecule has 0 aliphatic heterocycles. The Balaban J connectivity index is 2.06. The first-order valence-corrected chi connectivity index (χ1v) is 9.85. The van der Waals surface area contributed by atoms with Crippen molar-refractivity contribution in [3.8, 4) is 0 Å². The predicted molar refractivity (Wildman–Crippen MR) is 107 cm³/mol. The first-order chi connectivity index (χ1) is 13.8. The number of sulfonamides is 1. The summed E-state index contributed by atoms with van der Waals surface area (Å²) in [5, 5.41) is 2.94. The number of nitrogens with zero attached hydrogens (tertiary/aromatic N) is 1. The second kappa shape index (κ2) is 6.64. The Bertz CT molecular complexity index is 1300. The van der Waals surface area contributed by atoms with E-state index < -0.39 is 32.2 Å². The maximum absolute atomic E-state index is 13.2. The summed E-state index contributed by atoms with van der Waals surface area (Å²) in [6, 6.07) is 15.9. The Hall–Kier alpha value is -3.85. The van der Waals surface area contributed by atoms with Crippen molar-refractivity contribution >= 4 is 38.7 Å². The number of para-hydroxylation sites is 1. The fourth-order valence-electron chi connectivity index (χ4n) is 3.32. The van der Waals surface area contributed by atoms with Crippen LogP contribution in [0.4, 0.5) is 17.1 Å². The van der Waals surface area contributed by atoms with E-state index in [2.05, 4.69) is 9.90 Å². The van der Waals surface area contributed by atoms with Gasteiger partial charge in [0.2, 0.25) is 0 Å². The standard InChI is InChI=1S/C20H13N3O5S/c21-18-15(29(27,28)23-26)10-14(22-11-6-2-1-3-7-11)16-17(18)20(25)13-9-5-4-8-12(13)19(16)24/h1-10,22H,21H2. The van der Waals surface area contributed by atoms with Crippen molar-refractivity contribution in [2.75, 3.05) is 11.1 Å². The van der Waals surface area contributed by atoms with Crippen molar-refractivity contribution in [3.63, 3.8) is 0 Å². The predicted octanol–water partition coefficient (Wildman–Crippen LogP) is 3.24. The van der Waals surface area contributed by atoms with Gasteiger partial charge in [-0.15, -0.1) is 4.91 Å². The number of hydrogen-bond donors (Lipinski definition) is 2. The molecule has 3 aromatic carbocycles. The topological polar surface area (TPSA) is 136 Å². The Kier molecular flexibility index (Phi) is 4.24. The highest BCUT2D eigenvalue weighted by Crippen LogP contribution is 2.40. The highest BCUT2D eigenvalue weighted by Gasteiger charge is 2.36. The molecule has 4 rings (SSSR count). The molecule has 0 aromatic heterocycles. The quantitative estimate of drug-likeness (QED) is 0.391. The molecule has 0 saturated heterocycles. The number of hydrogen-bond acceptors (Lipinski definition) is 7. The van der Waals surface area contributed by atoms with E-state index in [0.717, 1.165) is 6.07 Å². The lowest BCUT2D eigenvalue weighted by molar-refractivity contribution is 0.0980. The number of carbonyl (C=O) groups is 2. The maximum atomic E-state index is 13.2. The molecule has 0 saturated carbocycles. The Morgan fingerprint density at radius 1 is 0.828 bits per heavy atom. The third kappa shape index (κ3) is 2.88. The number of rotatable bonds is 4. The lowest BCUT2D eigenvalue weighted by atomic mass is 9.82. The molecule has 9 heteroatoms. The van der Waals surface area contributed by atoms with Crippen molar-refractivity contribution in [3.05, 3.63) is 87.8 Å². The number of ketones is 2. The highest BCUT2D eigenvalue weighted by atomic mass is 32.2. The van der Waals surface area contributed by atoms with Crippen molar-refractivity contribution < 1.29 is 18.0 Å². The molecule has 0 heterocycles. The molecule has 0 amide bonds. The van der Waals surface area contributed by atoms with Crippen LogP contribution in [0.25, 0.3) is 0 Å². The average Bonchev–Trinajstić information content (AvgIpc) is 2.73. The third-order valence-electron chi connectivity index (χ3n) is 4.63. The Morgan fingerprint density at radius 3 is 1.97 bits per heavy atom. The molecular formula is C20H13N3O5S. The van der Waals surface area contributed by atoms with Crippen LogP contribution in [0.3, 0.4) is 0 Å². The van der Waals surface area contributed by atoms with Crippen LogP contribution in [-0.2, 0) is 10.0 Å². The molecular weight excluding hydrogens is 394 g/mol. The van der Waals surface area contributed by atoms with Crippen molar-refractivity contribution in [2.24, 2.45) is 4.58 Å². The zero-order valence-corrected chi connectivity index (χ0v) is 15.6. The number of nitrogen functional groups attached to an aromatic ring is 1. The van der Waals surface area contributed by atoms with E-state index in [1.807, 2.05) is 0 Å². The molecule has 3 N–H and O–H groups in total. The molecule has 29 heavy (non-hydrogen) atoms. The van der Waals surface area contributed by atoms with Crippen molar-refractivity contribution in [2.45, 2.75) is 4.90 Å². The average molecular weight is 407 g/mol. The van der Waals surface area contributed by atoms with Gasteiger partial charge >= 0.3 is 10.0 Å². The van der Waals surface area contributed by atoms with E-state index in [9.17, 15) is 22.9 Å². The van der Waals surface area contributed by atoms with Gasteiger partial charge in [-0.3, -0.25) is 9.59 Å². The Morgan fingerprint density at radius 2 is 1.38 bits per heavy atom. The van der Waals surface area contributed by atoms with Gasteiger partial charge < -0.3 is 11.1 Å². The van der Waals surface area contributed by atoms with Crippen molar-refractivity contribution in [1.29, 1.82) is 0 Å². The van der Waals surface area contributed by atoms with Crippen LogP contribution in [0.1, 0.15) is 31.8 Å². The lowest BCUT2D eigenvalue weighted by Gasteiger charge is -2.23. The van der Waals surface area contributed by atoms with Gasteiger partial charge in [0.1, 0.15) is 4.90 Å². The van der Waals surface area contributed by atoms with Crippen LogP contribution >= 0.6 is 0 Å². The molecule has 0 fully saturated rings. The number of nitrogens with two attached hydrogens (primary N) is 1. The minimum absolute atomic E-state index is 0.0375. The van der Waals surface area contributed by atoms with E-state index >= 15 is 0 Å². The van der Waals surface area contributed by atoms with Gasteiger partial charge in [-0.05, 0) is 18.2 Å². The van der Waals surface area contributed by atoms with Gasteiger partial charge in [0, 0.05) is 16.8 Å². The van der Waals surface area contributed by atoms with Crippen molar-refractivity contribution in [1.82, 2.24) is 0 Å². The zero-order chi connectivity index (χ0) is 20.8. The fraction of sp³-hybridized carbons (Fsp3) is 0. The number of nitrogens with one attached hydrogen (secondary N) is 1. The van der Waals surface area contributed by atoms with Gasteiger partial charge in [-0.1, -0.05) is 42.5 Å². The van der Waals surface area contributed by atoms with Crippen LogP contribution in [-0.4, -0.2) is 20.0 Å². The van der Waals surface area contributed by atoms with E-state index in [-0.39, 0.29) is 27.9 Å². The van der Waals surface area contributed by atoms with E-state index in [4.69, 9.17) is 5.73 Å². The van der Waals surface area contributed by atoms with E-state index in [1.54, 1.807) is 42.5 Å². The molecule has 1 aliphatic carbocycles. The largest absolute Gasteiger partial charge is 0.397 e. The SMILES string of the molecule is Nc1c(S(=O)(=O)N=O)cc(Nc2ccccc2)c2c1C(=O)c1ccccc1C2=O. The number of carbonyl (C=O) groups excluding carboxylic acids is 2. The second-order valence-electron chi connectivity index (χ2n) is 6.33. The van der Waals surface area contributed by atoms with Crippen LogP contribution in [0.2, 0.25) is 0 Å². The van der Waals surface area contributed by atoms with Gasteiger partial charge in [0.05, 0.1) is 27.1 Å². The molecule has 3 aromatic rings. The summed E-state index contributed by atoms with van der Waals surface area (Å²) in [5.74, 6) is -1.09. The molecule has 1 aliphatic rings. The Labute approximate surface area is 165 Å². The van der Waals surface area contributed by atoms with Crippen LogP contribution in [0.15, 0.2) is 70.1 Å². The van der Waals surface area contributed by atoms with E-state index in [1.165, 1.54) is 12.1 Å². The van der Waals surface area contributed by atoms with Crippen LogP contribution < -0.4 is 11.1 Å². The lowest BCUT2D eigenvalue weighted by Crippen LogP contribution is -2.25. The molecule has 0 radical (unpaired) electrons. The normalized spacial score (nSPS) is 12.8. The summed E-state index contributed by atoms with van der Waals surface area (Å²) in [5.41, 5.74) is 6.03. The summed E-state index contributed by atoms with van der Waals surface area (Å²) in [4.78, 5) is 36.5. The summed E-state index contributed by atoms with van der Waals surface area (Å²) in [6.45, 7) is 0. The summed E-state index contributed by atoms with van der Waals surface area (Å²) >= 11 is 0. The first-order valence-electron chi connectivity index (χ1n) is 8.41. The number of fused-ring (bicyclic) bond motifs is 2. The number of anilines is 3. The first kappa shape index (κ1) is 18.5. The van der Waals surface area contributed by atoms with Gasteiger partial charge in [0.25, 0.3) is 0 Å². The third-order valence-corrected chi connectivity index (χ3v) is 5.72. The maximum Gasteiger partial charge on any atom is 0.319 e. The fourth-order valence-corrected chi connectivity index (χ4v) is 4.05. The van der Waals surface area contributed by atoms with Gasteiger partial charge in [-0.25, -0.2) is 0 Å². The molecule has 144 valence electrons. The molecule has 0 spiro atoms. The van der Waals surface area contributed by atoms with Gasteiger partial charge in [-0.2, -0.15) is 8.42 Å². The minimum atomic E-state index is -4.65. The molecule has 0 unspecified atom stereocenters. The molecule has 8 nitrogen and oxygen atoms in total.